The minimum Gasteiger partial charge on any atom is -0.339 e. The van der Waals surface area contributed by atoms with Crippen molar-refractivity contribution in [1.29, 1.82) is 0 Å². The van der Waals surface area contributed by atoms with Gasteiger partial charge in [-0.2, -0.15) is 0 Å². The van der Waals surface area contributed by atoms with E-state index in [9.17, 15) is 9.18 Å². The molecule has 5 nitrogen and oxygen atoms in total. The highest BCUT2D eigenvalue weighted by Gasteiger charge is 2.09. The van der Waals surface area contributed by atoms with E-state index in [1.165, 1.54) is 24.3 Å². The maximum absolute atomic E-state index is 12.9. The number of anilines is 3. The summed E-state index contributed by atoms with van der Waals surface area (Å²) in [6, 6.07) is 14.9. The van der Waals surface area contributed by atoms with E-state index < -0.39 is 5.91 Å². The molecule has 0 aliphatic rings. The number of aryl methyl sites for hydroxylation is 2. The Hall–Kier alpha value is -3.28. The van der Waals surface area contributed by atoms with Gasteiger partial charge < -0.3 is 10.6 Å². The van der Waals surface area contributed by atoms with Crippen molar-refractivity contribution in [2.24, 2.45) is 0 Å². The molecular weight excluding hydrogens is 319 g/mol. The third kappa shape index (κ3) is 4.38. The second-order valence-corrected chi connectivity index (χ2v) is 5.77. The molecule has 0 unspecified atom stereocenters. The summed E-state index contributed by atoms with van der Waals surface area (Å²) in [4.78, 5) is 12.1. The summed E-state index contributed by atoms with van der Waals surface area (Å²) in [7, 11) is 0. The van der Waals surface area contributed by atoms with Crippen molar-refractivity contribution in [2.45, 2.75) is 13.8 Å². The SMILES string of the molecule is Cc1cc(C)cc(Nc2ccc(C(=O)Nc3ccc(F)cc3)nn2)c1. The van der Waals surface area contributed by atoms with Crippen LogP contribution in [0, 0.1) is 19.7 Å². The smallest absolute Gasteiger partial charge is 0.276 e. The highest BCUT2D eigenvalue weighted by atomic mass is 19.1. The molecule has 0 fully saturated rings. The maximum atomic E-state index is 12.9. The standard InChI is InChI=1S/C19H17FN4O/c1-12-9-13(2)11-16(10-12)21-18-8-7-17(23-24-18)19(25)22-15-5-3-14(20)4-6-15/h3-11H,1-2H3,(H,21,24)(H,22,25). The molecule has 1 amide bonds. The Morgan fingerprint density at radius 1 is 0.880 bits per heavy atom. The largest absolute Gasteiger partial charge is 0.339 e. The Balaban J connectivity index is 1.68. The number of carbonyl (C=O) groups excluding carboxylic acids is 1. The van der Waals surface area contributed by atoms with Crippen LogP contribution in [-0.4, -0.2) is 16.1 Å². The molecule has 2 N–H and O–H groups in total. The van der Waals surface area contributed by atoms with Crippen LogP contribution in [0.5, 0.6) is 0 Å². The third-order valence-electron chi connectivity index (χ3n) is 3.49. The molecule has 0 atom stereocenters. The van der Waals surface area contributed by atoms with Crippen molar-refractivity contribution in [3.05, 3.63) is 77.2 Å². The summed E-state index contributed by atoms with van der Waals surface area (Å²) in [5.74, 6) is -0.222. The minimum atomic E-state index is -0.406. The predicted octanol–water partition coefficient (Wildman–Crippen LogP) is 4.23. The highest BCUT2D eigenvalue weighted by molar-refractivity contribution is 6.02. The molecular formula is C19H17FN4O. The second kappa shape index (κ2) is 7.09. The molecule has 0 saturated carbocycles. The zero-order valence-corrected chi connectivity index (χ0v) is 13.9. The number of halogens is 1. The van der Waals surface area contributed by atoms with Gasteiger partial charge in [-0.25, -0.2) is 4.39 Å². The zero-order chi connectivity index (χ0) is 17.8. The van der Waals surface area contributed by atoms with Gasteiger partial charge in [0.15, 0.2) is 11.5 Å². The number of nitrogens with zero attached hydrogens (tertiary/aromatic N) is 2. The number of nitrogens with one attached hydrogen (secondary N) is 2. The van der Waals surface area contributed by atoms with E-state index in [4.69, 9.17) is 0 Å². The molecule has 0 aliphatic heterocycles. The van der Waals surface area contributed by atoms with Gasteiger partial charge in [0, 0.05) is 11.4 Å². The average Bonchev–Trinajstić information content (AvgIpc) is 2.56. The van der Waals surface area contributed by atoms with Crippen LogP contribution in [0.15, 0.2) is 54.6 Å². The molecule has 25 heavy (non-hydrogen) atoms. The van der Waals surface area contributed by atoms with Crippen LogP contribution >= 0.6 is 0 Å². The first-order chi connectivity index (χ1) is 12.0. The first-order valence-electron chi connectivity index (χ1n) is 7.75. The average molecular weight is 336 g/mol. The molecule has 1 aromatic heterocycles. The van der Waals surface area contributed by atoms with E-state index in [1.54, 1.807) is 12.1 Å². The van der Waals surface area contributed by atoms with Gasteiger partial charge >= 0.3 is 0 Å². The van der Waals surface area contributed by atoms with E-state index in [2.05, 4.69) is 26.9 Å². The van der Waals surface area contributed by atoms with E-state index in [0.29, 0.717) is 11.5 Å². The summed E-state index contributed by atoms with van der Waals surface area (Å²) in [6.45, 7) is 4.04. The first kappa shape index (κ1) is 16.6. The summed E-state index contributed by atoms with van der Waals surface area (Å²) in [5, 5.41) is 13.8. The number of benzene rings is 2. The summed E-state index contributed by atoms with van der Waals surface area (Å²) < 4.78 is 12.9. The quantitative estimate of drug-likeness (QED) is 0.748. The topological polar surface area (TPSA) is 66.9 Å². The second-order valence-electron chi connectivity index (χ2n) is 5.77. The molecule has 6 heteroatoms. The Labute approximate surface area is 144 Å². The van der Waals surface area contributed by atoms with E-state index in [1.807, 2.05) is 26.0 Å². The molecule has 126 valence electrons. The lowest BCUT2D eigenvalue weighted by Gasteiger charge is -2.08. The fraction of sp³-hybridized carbons (Fsp3) is 0.105. The lowest BCUT2D eigenvalue weighted by Crippen LogP contribution is -2.14. The molecule has 0 saturated heterocycles. The van der Waals surface area contributed by atoms with Crippen LogP contribution in [0.2, 0.25) is 0 Å². The fourth-order valence-corrected chi connectivity index (χ4v) is 2.44. The molecule has 0 aliphatic carbocycles. The van der Waals surface area contributed by atoms with Gasteiger partial charge in [-0.15, -0.1) is 10.2 Å². The normalized spacial score (nSPS) is 10.4. The molecule has 0 spiro atoms. The van der Waals surface area contributed by atoms with Gasteiger partial charge in [-0.3, -0.25) is 4.79 Å². The molecule has 1 heterocycles. The van der Waals surface area contributed by atoms with Gasteiger partial charge in [-0.1, -0.05) is 6.07 Å². The summed E-state index contributed by atoms with van der Waals surface area (Å²) >= 11 is 0. The van der Waals surface area contributed by atoms with Gasteiger partial charge in [0.05, 0.1) is 0 Å². The molecule has 3 aromatic rings. The van der Waals surface area contributed by atoms with Crippen LogP contribution in [-0.2, 0) is 0 Å². The first-order valence-corrected chi connectivity index (χ1v) is 7.75. The van der Waals surface area contributed by atoms with Gasteiger partial charge in [0.1, 0.15) is 5.82 Å². The van der Waals surface area contributed by atoms with E-state index >= 15 is 0 Å². The third-order valence-corrected chi connectivity index (χ3v) is 3.49. The van der Waals surface area contributed by atoms with Crippen molar-refractivity contribution in [2.75, 3.05) is 10.6 Å². The number of carbonyl (C=O) groups is 1. The Morgan fingerprint density at radius 3 is 2.16 bits per heavy atom. The number of amides is 1. The summed E-state index contributed by atoms with van der Waals surface area (Å²) in [6.07, 6.45) is 0. The van der Waals surface area contributed by atoms with Crippen LogP contribution in [0.25, 0.3) is 0 Å². The van der Waals surface area contributed by atoms with E-state index in [-0.39, 0.29) is 11.5 Å². The molecule has 3 rings (SSSR count). The van der Waals surface area contributed by atoms with Crippen molar-refractivity contribution in [3.63, 3.8) is 0 Å². The molecule has 0 bridgehead atoms. The Morgan fingerprint density at radius 2 is 1.56 bits per heavy atom. The van der Waals surface area contributed by atoms with Gasteiger partial charge in [0.2, 0.25) is 0 Å². The number of aromatic nitrogens is 2. The zero-order valence-electron chi connectivity index (χ0n) is 13.9. The highest BCUT2D eigenvalue weighted by Crippen LogP contribution is 2.18. The van der Waals surface area contributed by atoms with Crippen LogP contribution in [0.3, 0.4) is 0 Å². The van der Waals surface area contributed by atoms with Crippen molar-refractivity contribution in [3.8, 4) is 0 Å². The van der Waals surface area contributed by atoms with E-state index in [0.717, 1.165) is 16.8 Å². The number of hydrogen-bond acceptors (Lipinski definition) is 4. The monoisotopic (exact) mass is 336 g/mol. The van der Waals surface area contributed by atoms with Crippen LogP contribution in [0.1, 0.15) is 21.6 Å². The Bertz CT molecular complexity index is 872. The van der Waals surface area contributed by atoms with Crippen LogP contribution in [0.4, 0.5) is 21.6 Å². The van der Waals surface area contributed by atoms with Crippen LogP contribution < -0.4 is 10.6 Å². The van der Waals surface area contributed by atoms with Crippen molar-refractivity contribution < 1.29 is 9.18 Å². The number of rotatable bonds is 4. The minimum absolute atomic E-state index is 0.176. The Kier molecular flexibility index (Phi) is 4.70. The molecule has 0 radical (unpaired) electrons. The van der Waals surface area contributed by atoms with Crippen molar-refractivity contribution in [1.82, 2.24) is 10.2 Å². The fourth-order valence-electron chi connectivity index (χ4n) is 2.44. The lowest BCUT2D eigenvalue weighted by molar-refractivity contribution is 0.102. The van der Waals surface area contributed by atoms with Gasteiger partial charge in [0.25, 0.3) is 5.91 Å². The maximum Gasteiger partial charge on any atom is 0.276 e. The number of hydrogen-bond donors (Lipinski definition) is 2. The molecule has 2 aromatic carbocycles. The predicted molar refractivity (Wildman–Crippen MR) is 95.6 cm³/mol. The summed E-state index contributed by atoms with van der Waals surface area (Å²) in [5.41, 5.74) is 3.87. The lowest BCUT2D eigenvalue weighted by atomic mass is 10.1. The van der Waals surface area contributed by atoms with Crippen molar-refractivity contribution >= 4 is 23.1 Å². The van der Waals surface area contributed by atoms with Gasteiger partial charge in [-0.05, 0) is 73.5 Å².